The number of anilines is 1. The monoisotopic (exact) mass is 477 g/mol. The summed E-state index contributed by atoms with van der Waals surface area (Å²) in [6.07, 6.45) is 1.96. The van der Waals surface area contributed by atoms with Crippen molar-refractivity contribution >= 4 is 34.7 Å². The van der Waals surface area contributed by atoms with Crippen LogP contribution in [0.2, 0.25) is 0 Å². The molecule has 0 unspecified atom stereocenters. The van der Waals surface area contributed by atoms with E-state index in [0.29, 0.717) is 31.7 Å². The number of carbonyl (C=O) groups excluding carboxylic acids is 3. The Bertz CT molecular complexity index is 1160. The van der Waals surface area contributed by atoms with Gasteiger partial charge in [-0.3, -0.25) is 14.4 Å². The first-order valence-electron chi connectivity index (χ1n) is 11.3. The predicted molar refractivity (Wildman–Crippen MR) is 131 cm³/mol. The molecule has 0 atom stereocenters. The highest BCUT2D eigenvalue weighted by atomic mass is 32.1. The van der Waals surface area contributed by atoms with Gasteiger partial charge in [0, 0.05) is 31.7 Å². The van der Waals surface area contributed by atoms with Crippen molar-refractivity contribution in [2.45, 2.75) is 32.7 Å². The van der Waals surface area contributed by atoms with Crippen LogP contribution in [-0.2, 0) is 11.3 Å². The zero-order valence-corrected chi connectivity index (χ0v) is 19.8. The van der Waals surface area contributed by atoms with Crippen molar-refractivity contribution < 1.29 is 14.4 Å². The molecular weight excluding hydrogens is 450 g/mol. The average Bonchev–Trinajstić information content (AvgIpc) is 3.34. The molecule has 0 aliphatic carbocycles. The topological polar surface area (TPSA) is 104 Å². The number of hydrogen-bond donors (Lipinski definition) is 2. The number of nitrogens with one attached hydrogen (secondary N) is 2. The average molecular weight is 478 g/mol. The van der Waals surface area contributed by atoms with E-state index in [1.807, 2.05) is 43.3 Å². The van der Waals surface area contributed by atoms with Crippen LogP contribution in [0.4, 0.5) is 5.69 Å². The Morgan fingerprint density at radius 1 is 1.00 bits per heavy atom. The molecule has 1 aliphatic heterocycles. The Morgan fingerprint density at radius 2 is 1.74 bits per heavy atom. The van der Waals surface area contributed by atoms with Gasteiger partial charge in [-0.05, 0) is 43.4 Å². The van der Waals surface area contributed by atoms with Crippen molar-refractivity contribution in [2.75, 3.05) is 18.4 Å². The van der Waals surface area contributed by atoms with Gasteiger partial charge in [0.1, 0.15) is 0 Å². The normalized spacial score (nSPS) is 14.0. The lowest BCUT2D eigenvalue weighted by molar-refractivity contribution is -0.122. The molecule has 2 heterocycles. The number of rotatable bonds is 7. The van der Waals surface area contributed by atoms with Crippen LogP contribution in [-0.4, -0.2) is 45.9 Å². The van der Waals surface area contributed by atoms with E-state index in [-0.39, 0.29) is 27.7 Å². The third-order valence-electron chi connectivity index (χ3n) is 5.78. The first-order chi connectivity index (χ1) is 16.5. The van der Waals surface area contributed by atoms with E-state index in [2.05, 4.69) is 26.9 Å². The Balaban J connectivity index is 1.23. The molecule has 2 aromatic carbocycles. The van der Waals surface area contributed by atoms with Gasteiger partial charge in [0.15, 0.2) is 0 Å². The molecule has 3 aromatic rings. The van der Waals surface area contributed by atoms with Gasteiger partial charge in [-0.25, -0.2) is 0 Å². The van der Waals surface area contributed by atoms with Crippen molar-refractivity contribution in [3.8, 4) is 0 Å². The number of piperidine rings is 1. The van der Waals surface area contributed by atoms with E-state index in [0.717, 1.165) is 29.7 Å². The molecule has 176 valence electrons. The van der Waals surface area contributed by atoms with Crippen LogP contribution in [0.25, 0.3) is 0 Å². The molecule has 0 radical (unpaired) electrons. The fourth-order valence-corrected chi connectivity index (χ4v) is 4.65. The molecule has 2 N–H and O–H groups in total. The quantitative estimate of drug-likeness (QED) is 0.540. The van der Waals surface area contributed by atoms with E-state index < -0.39 is 5.91 Å². The first-order valence-corrected chi connectivity index (χ1v) is 12.1. The number of aromatic nitrogens is 2. The highest BCUT2D eigenvalue weighted by molar-refractivity contribution is 7.15. The summed E-state index contributed by atoms with van der Waals surface area (Å²) in [7, 11) is 0. The SMILES string of the molecule is Cc1cccc(CNC(=O)CC2CCN(C(=O)c3nnc(C(=O)Nc4ccccc4)s3)CC2)c1. The predicted octanol–water partition coefficient (Wildman–Crippen LogP) is 3.66. The Morgan fingerprint density at radius 3 is 2.47 bits per heavy atom. The van der Waals surface area contributed by atoms with E-state index in [1.165, 1.54) is 5.56 Å². The second kappa shape index (κ2) is 11.0. The number of amides is 3. The summed E-state index contributed by atoms with van der Waals surface area (Å²) in [5, 5.41) is 13.9. The third-order valence-corrected chi connectivity index (χ3v) is 6.69. The molecule has 0 bridgehead atoms. The number of benzene rings is 2. The molecular formula is C25H27N5O3S. The number of likely N-dealkylation sites (tertiary alicyclic amines) is 1. The number of carbonyl (C=O) groups is 3. The third kappa shape index (κ3) is 6.26. The van der Waals surface area contributed by atoms with Crippen LogP contribution in [0.3, 0.4) is 0 Å². The van der Waals surface area contributed by atoms with Crippen LogP contribution in [0.5, 0.6) is 0 Å². The Hall–Kier alpha value is -3.59. The summed E-state index contributed by atoms with van der Waals surface area (Å²) in [4.78, 5) is 39.3. The minimum atomic E-state index is -0.391. The lowest BCUT2D eigenvalue weighted by Gasteiger charge is -2.31. The van der Waals surface area contributed by atoms with Gasteiger partial charge in [0.05, 0.1) is 0 Å². The molecule has 4 rings (SSSR count). The summed E-state index contributed by atoms with van der Waals surface area (Å²) in [6, 6.07) is 17.1. The molecule has 9 heteroatoms. The molecule has 1 aliphatic rings. The molecule has 0 spiro atoms. The number of aryl methyl sites for hydroxylation is 1. The maximum atomic E-state index is 12.8. The zero-order chi connectivity index (χ0) is 23.9. The highest BCUT2D eigenvalue weighted by Crippen LogP contribution is 2.23. The van der Waals surface area contributed by atoms with Gasteiger partial charge < -0.3 is 15.5 Å². The van der Waals surface area contributed by atoms with Gasteiger partial charge >= 0.3 is 0 Å². The largest absolute Gasteiger partial charge is 0.352 e. The second-order valence-electron chi connectivity index (χ2n) is 8.44. The van der Waals surface area contributed by atoms with Crippen molar-refractivity contribution in [2.24, 2.45) is 5.92 Å². The van der Waals surface area contributed by atoms with Crippen molar-refractivity contribution in [3.63, 3.8) is 0 Å². The van der Waals surface area contributed by atoms with Gasteiger partial charge in [0.2, 0.25) is 15.9 Å². The number of nitrogens with zero attached hydrogens (tertiary/aromatic N) is 3. The van der Waals surface area contributed by atoms with E-state index in [1.54, 1.807) is 17.0 Å². The summed E-state index contributed by atoms with van der Waals surface area (Å²) in [6.45, 7) is 3.66. The highest BCUT2D eigenvalue weighted by Gasteiger charge is 2.27. The molecule has 1 saturated heterocycles. The van der Waals surface area contributed by atoms with Crippen molar-refractivity contribution in [1.82, 2.24) is 20.4 Å². The molecule has 0 saturated carbocycles. The van der Waals surface area contributed by atoms with Gasteiger partial charge in [0.25, 0.3) is 11.8 Å². The fourth-order valence-electron chi connectivity index (χ4n) is 3.94. The summed E-state index contributed by atoms with van der Waals surface area (Å²) in [5.41, 5.74) is 2.91. The molecule has 34 heavy (non-hydrogen) atoms. The van der Waals surface area contributed by atoms with Crippen LogP contribution < -0.4 is 10.6 Å². The van der Waals surface area contributed by atoms with Crippen LogP contribution in [0.15, 0.2) is 54.6 Å². The Kier molecular flexibility index (Phi) is 7.64. The fraction of sp³-hybridized carbons (Fsp3) is 0.320. The van der Waals surface area contributed by atoms with E-state index >= 15 is 0 Å². The molecule has 3 amide bonds. The van der Waals surface area contributed by atoms with Gasteiger partial charge in [-0.1, -0.05) is 59.4 Å². The second-order valence-corrected chi connectivity index (χ2v) is 9.42. The zero-order valence-electron chi connectivity index (χ0n) is 19.0. The van der Waals surface area contributed by atoms with Gasteiger partial charge in [-0.15, -0.1) is 10.2 Å². The maximum absolute atomic E-state index is 12.8. The first kappa shape index (κ1) is 23.6. The maximum Gasteiger partial charge on any atom is 0.286 e. The van der Waals surface area contributed by atoms with E-state index in [4.69, 9.17) is 0 Å². The van der Waals surface area contributed by atoms with E-state index in [9.17, 15) is 14.4 Å². The minimum absolute atomic E-state index is 0.0319. The smallest absolute Gasteiger partial charge is 0.286 e. The van der Waals surface area contributed by atoms with Crippen LogP contribution >= 0.6 is 11.3 Å². The minimum Gasteiger partial charge on any atom is -0.352 e. The van der Waals surface area contributed by atoms with Crippen molar-refractivity contribution in [3.05, 3.63) is 75.7 Å². The number of para-hydroxylation sites is 1. The summed E-state index contributed by atoms with van der Waals surface area (Å²) in [5.74, 6) is -0.343. The van der Waals surface area contributed by atoms with Crippen molar-refractivity contribution in [1.29, 1.82) is 0 Å². The standard InChI is InChI=1S/C25H27N5O3S/c1-17-6-5-7-19(14-17)16-26-21(31)15-18-10-12-30(13-11-18)25(33)24-29-28-23(34-24)22(32)27-20-8-3-2-4-9-20/h2-9,14,18H,10-13,15-16H2,1H3,(H,26,31)(H,27,32). The summed E-state index contributed by atoms with van der Waals surface area (Å²) < 4.78 is 0. The lowest BCUT2D eigenvalue weighted by Crippen LogP contribution is -2.39. The van der Waals surface area contributed by atoms with Crippen LogP contribution in [0.1, 0.15) is 50.0 Å². The lowest BCUT2D eigenvalue weighted by atomic mass is 9.93. The Labute approximate surface area is 202 Å². The van der Waals surface area contributed by atoms with Gasteiger partial charge in [-0.2, -0.15) is 0 Å². The molecule has 8 nitrogen and oxygen atoms in total. The van der Waals surface area contributed by atoms with Crippen LogP contribution in [0, 0.1) is 12.8 Å². The summed E-state index contributed by atoms with van der Waals surface area (Å²) >= 11 is 0.989. The molecule has 1 fully saturated rings. The molecule has 1 aromatic heterocycles. The number of hydrogen-bond acceptors (Lipinski definition) is 6.